The van der Waals surface area contributed by atoms with E-state index in [4.69, 9.17) is 5.11 Å². The van der Waals surface area contributed by atoms with Crippen LogP contribution in [0.15, 0.2) is 36.4 Å². The van der Waals surface area contributed by atoms with Crippen LogP contribution >= 0.6 is 0 Å². The number of nitrogens with zero attached hydrogens (tertiary/aromatic N) is 2. The van der Waals surface area contributed by atoms with Crippen LogP contribution in [0.5, 0.6) is 0 Å². The second-order valence-corrected chi connectivity index (χ2v) is 11.1. The minimum absolute atomic E-state index is 0.0325. The van der Waals surface area contributed by atoms with Crippen LogP contribution in [0, 0.1) is 23.5 Å². The first-order valence-corrected chi connectivity index (χ1v) is 14.6. The Bertz CT molecular complexity index is 1530. The third-order valence-electron chi connectivity index (χ3n) is 8.27. The van der Waals surface area contributed by atoms with E-state index in [0.29, 0.717) is 24.6 Å². The number of halogens is 8. The summed E-state index contributed by atoms with van der Waals surface area (Å²) in [6.07, 6.45) is -10.5. The Morgan fingerprint density at radius 1 is 0.673 bits per heavy atom. The molecule has 4 atom stereocenters. The van der Waals surface area contributed by atoms with Gasteiger partial charge in [-0.15, -0.1) is 0 Å². The normalized spacial score (nSPS) is 21.2. The number of methoxy groups -OCH3 is 3. The summed E-state index contributed by atoms with van der Waals surface area (Å²) in [5, 5.41) is 9.13. The average molecular weight is 713 g/mol. The molecule has 0 saturated carbocycles. The zero-order valence-electron chi connectivity index (χ0n) is 26.2. The van der Waals surface area contributed by atoms with Gasteiger partial charge in [0.25, 0.3) is 0 Å². The van der Waals surface area contributed by atoms with Gasteiger partial charge in [-0.2, -0.15) is 26.3 Å². The number of alkyl halides is 6. The number of rotatable bonds is 4. The molecule has 49 heavy (non-hydrogen) atoms. The number of hydrogen-bond acceptors (Lipinski definition) is 7. The predicted octanol–water partition coefficient (Wildman–Crippen LogP) is 6.99. The van der Waals surface area contributed by atoms with Crippen LogP contribution in [-0.4, -0.2) is 73.5 Å². The van der Waals surface area contributed by atoms with Gasteiger partial charge < -0.3 is 29.1 Å². The highest BCUT2D eigenvalue weighted by atomic mass is 19.4. The van der Waals surface area contributed by atoms with Crippen molar-refractivity contribution < 1.29 is 73.6 Å². The molecule has 0 aromatic heterocycles. The van der Waals surface area contributed by atoms with Crippen LogP contribution in [-0.2, 0) is 36.2 Å². The molecule has 2 amide bonds. The van der Waals surface area contributed by atoms with Gasteiger partial charge in [0.2, 0.25) is 0 Å². The van der Waals surface area contributed by atoms with Crippen molar-refractivity contribution in [2.45, 2.75) is 50.1 Å². The first-order chi connectivity index (χ1) is 22.8. The highest BCUT2D eigenvalue weighted by Gasteiger charge is 2.40. The van der Waals surface area contributed by atoms with E-state index in [2.05, 4.69) is 14.2 Å². The third-order valence-corrected chi connectivity index (χ3v) is 8.27. The Hall–Kier alpha value is -4.64. The standard InChI is InChI=1S/C16H17F4NO4.C15H15F4NO4/c1-24-14(22)10-5-6-21(15(23)25-2)13(8-10)9-3-4-11(12(17)7-9)16(18,19)20;1-24-14(23)20-5-4-9(13(21)22)7-12(20)8-2-3-10(11(16)6-8)15(17,18)19/h3-4,7,10,13H,5-6,8H2,1-2H3;2-3,6,9,12H,4-5,7H2,1H3,(H,21,22). The van der Waals surface area contributed by atoms with Gasteiger partial charge in [0.1, 0.15) is 11.6 Å². The van der Waals surface area contributed by atoms with Crippen molar-refractivity contribution in [3.8, 4) is 0 Å². The fourth-order valence-corrected chi connectivity index (χ4v) is 5.78. The van der Waals surface area contributed by atoms with E-state index < -0.39 is 83.2 Å². The minimum Gasteiger partial charge on any atom is -0.481 e. The minimum atomic E-state index is -4.83. The second kappa shape index (κ2) is 15.7. The Kier molecular flexibility index (Phi) is 12.4. The molecule has 0 radical (unpaired) electrons. The maximum absolute atomic E-state index is 13.9. The molecule has 2 aliphatic rings. The molecule has 2 aliphatic heterocycles. The van der Waals surface area contributed by atoms with E-state index in [0.717, 1.165) is 25.3 Å². The smallest absolute Gasteiger partial charge is 0.419 e. The summed E-state index contributed by atoms with van der Waals surface area (Å²) >= 11 is 0. The van der Waals surface area contributed by atoms with Crippen LogP contribution in [0.2, 0.25) is 0 Å². The number of amides is 2. The number of carbonyl (C=O) groups excluding carboxylic acids is 3. The van der Waals surface area contributed by atoms with Crippen molar-refractivity contribution in [3.05, 3.63) is 70.3 Å². The number of carboxylic acid groups (broad SMARTS) is 1. The van der Waals surface area contributed by atoms with Gasteiger partial charge in [-0.25, -0.2) is 18.4 Å². The Morgan fingerprint density at radius 2 is 1.06 bits per heavy atom. The molecule has 10 nitrogen and oxygen atoms in total. The van der Waals surface area contributed by atoms with Gasteiger partial charge in [-0.3, -0.25) is 9.59 Å². The lowest BCUT2D eigenvalue weighted by atomic mass is 9.87. The number of hydrogen-bond donors (Lipinski definition) is 1. The fourth-order valence-electron chi connectivity index (χ4n) is 5.78. The number of esters is 1. The molecule has 2 heterocycles. The molecule has 2 fully saturated rings. The molecule has 270 valence electrons. The molecule has 2 aromatic carbocycles. The Balaban J connectivity index is 0.000000266. The molecule has 2 aromatic rings. The van der Waals surface area contributed by atoms with Crippen LogP contribution in [0.25, 0.3) is 0 Å². The quantitative estimate of drug-likeness (QED) is 0.205. The zero-order chi connectivity index (χ0) is 36.8. The van der Waals surface area contributed by atoms with Gasteiger partial charge in [0.15, 0.2) is 0 Å². The van der Waals surface area contributed by atoms with Crippen LogP contribution in [0.4, 0.5) is 44.7 Å². The van der Waals surface area contributed by atoms with E-state index in [1.54, 1.807) is 0 Å². The molecule has 2 saturated heterocycles. The molecule has 18 heteroatoms. The van der Waals surface area contributed by atoms with Crippen molar-refractivity contribution in [3.63, 3.8) is 0 Å². The summed E-state index contributed by atoms with van der Waals surface area (Å²) in [6, 6.07) is 3.14. The van der Waals surface area contributed by atoms with Crippen LogP contribution < -0.4 is 0 Å². The van der Waals surface area contributed by atoms with Crippen LogP contribution in [0.1, 0.15) is 60.0 Å². The van der Waals surface area contributed by atoms with Crippen molar-refractivity contribution in [1.82, 2.24) is 9.80 Å². The number of carbonyl (C=O) groups is 4. The molecule has 0 aliphatic carbocycles. The molecule has 4 rings (SSSR count). The average Bonchev–Trinajstić information content (AvgIpc) is 3.05. The van der Waals surface area contributed by atoms with E-state index in [1.807, 2.05) is 0 Å². The van der Waals surface area contributed by atoms with E-state index >= 15 is 0 Å². The molecule has 0 spiro atoms. The van der Waals surface area contributed by atoms with Crippen molar-refractivity contribution >= 4 is 24.1 Å². The van der Waals surface area contributed by atoms with Gasteiger partial charge in [0, 0.05) is 13.1 Å². The number of piperidine rings is 2. The second-order valence-electron chi connectivity index (χ2n) is 11.1. The zero-order valence-corrected chi connectivity index (χ0v) is 26.2. The Morgan fingerprint density at radius 3 is 1.39 bits per heavy atom. The highest BCUT2D eigenvalue weighted by Crippen LogP contribution is 2.40. The maximum Gasteiger partial charge on any atom is 0.419 e. The largest absolute Gasteiger partial charge is 0.481 e. The topological polar surface area (TPSA) is 123 Å². The first kappa shape index (κ1) is 38.8. The van der Waals surface area contributed by atoms with E-state index in [-0.39, 0.29) is 43.5 Å². The van der Waals surface area contributed by atoms with Crippen molar-refractivity contribution in [2.75, 3.05) is 34.4 Å². The highest BCUT2D eigenvalue weighted by molar-refractivity contribution is 5.74. The molecular weight excluding hydrogens is 680 g/mol. The number of ether oxygens (including phenoxy) is 3. The molecular formula is C31H32F8N2O8. The molecule has 1 N–H and O–H groups in total. The maximum atomic E-state index is 13.9. The molecule has 0 bridgehead atoms. The fraction of sp³-hybridized carbons (Fsp3) is 0.484. The van der Waals surface area contributed by atoms with Crippen molar-refractivity contribution in [2.24, 2.45) is 11.8 Å². The van der Waals surface area contributed by atoms with E-state index in [1.165, 1.54) is 24.0 Å². The van der Waals surface area contributed by atoms with Gasteiger partial charge in [0.05, 0.1) is 56.4 Å². The number of benzene rings is 2. The first-order valence-electron chi connectivity index (χ1n) is 14.6. The molecule has 4 unspecified atom stereocenters. The van der Waals surface area contributed by atoms with Crippen LogP contribution in [0.3, 0.4) is 0 Å². The number of likely N-dealkylation sites (tertiary alicyclic amines) is 2. The summed E-state index contributed by atoms with van der Waals surface area (Å²) in [6.45, 7) is 0.191. The van der Waals surface area contributed by atoms with Gasteiger partial charge in [-0.1, -0.05) is 12.1 Å². The lowest BCUT2D eigenvalue weighted by Crippen LogP contribution is -2.43. The monoisotopic (exact) mass is 712 g/mol. The lowest BCUT2D eigenvalue weighted by Gasteiger charge is -2.37. The van der Waals surface area contributed by atoms with Gasteiger partial charge in [-0.05, 0) is 61.1 Å². The predicted molar refractivity (Wildman–Crippen MR) is 152 cm³/mol. The summed E-state index contributed by atoms with van der Waals surface area (Å²) in [4.78, 5) is 49.1. The number of aliphatic carboxylic acids is 1. The van der Waals surface area contributed by atoms with E-state index in [9.17, 15) is 54.3 Å². The summed E-state index contributed by atoms with van der Waals surface area (Å²) in [5.41, 5.74) is -2.55. The SMILES string of the molecule is COC(=O)C1CCN(C(=O)OC)C(c2ccc(C(F)(F)F)c(F)c2)C1.COC(=O)N1CCC(C(=O)O)CC1c1ccc(C(F)(F)F)c(F)c1. The van der Waals surface area contributed by atoms with Crippen molar-refractivity contribution in [1.29, 1.82) is 0 Å². The number of carboxylic acids is 1. The third kappa shape index (κ3) is 9.29. The summed E-state index contributed by atoms with van der Waals surface area (Å²) in [7, 11) is 3.52. The summed E-state index contributed by atoms with van der Waals surface area (Å²) < 4.78 is 118. The summed E-state index contributed by atoms with van der Waals surface area (Å²) in [5.74, 6) is -5.78. The lowest BCUT2D eigenvalue weighted by molar-refractivity contribution is -0.148. The Labute approximate surface area is 274 Å². The van der Waals surface area contributed by atoms with Gasteiger partial charge >= 0.3 is 36.5 Å².